The van der Waals surface area contributed by atoms with E-state index in [1.807, 2.05) is 0 Å². The van der Waals surface area contributed by atoms with Crippen LogP contribution in [0.5, 0.6) is 0 Å². The predicted octanol–water partition coefficient (Wildman–Crippen LogP) is 0.583. The molecule has 0 aromatic rings. The van der Waals surface area contributed by atoms with Crippen molar-refractivity contribution in [3.63, 3.8) is 0 Å². The third-order valence-electron chi connectivity index (χ3n) is 1.83. The van der Waals surface area contributed by atoms with Gasteiger partial charge in [-0.3, -0.25) is 4.79 Å². The van der Waals surface area contributed by atoms with E-state index in [-0.39, 0.29) is 11.9 Å². The van der Waals surface area contributed by atoms with Crippen molar-refractivity contribution in [3.05, 3.63) is 0 Å². The normalized spacial score (nSPS) is 12.1. The molecule has 4 nitrogen and oxygen atoms in total. The number of rotatable bonds is 4. The predicted molar refractivity (Wildman–Crippen MR) is 66.7 cm³/mol. The van der Waals surface area contributed by atoms with Gasteiger partial charge in [-0.25, -0.2) is 0 Å². The first-order chi connectivity index (χ1) is 6.84. The van der Waals surface area contributed by atoms with Crippen molar-refractivity contribution in [2.24, 2.45) is 5.92 Å². The van der Waals surface area contributed by atoms with Gasteiger partial charge in [0.25, 0.3) is 0 Å². The Morgan fingerprint density at radius 2 is 1.87 bits per heavy atom. The smallest absolute Gasteiger partial charge is 0.244 e. The van der Waals surface area contributed by atoms with Crippen LogP contribution < -0.4 is 10.6 Å². The van der Waals surface area contributed by atoms with Crippen molar-refractivity contribution >= 4 is 23.2 Å². The van der Waals surface area contributed by atoms with E-state index in [9.17, 15) is 4.79 Å². The molecule has 0 aliphatic rings. The van der Waals surface area contributed by atoms with E-state index in [0.29, 0.717) is 11.0 Å². The molecule has 88 valence electrons. The highest BCUT2D eigenvalue weighted by Crippen LogP contribution is 1.90. The summed E-state index contributed by atoms with van der Waals surface area (Å²) < 4.78 is 0. The summed E-state index contributed by atoms with van der Waals surface area (Å²) in [6.07, 6.45) is 0. The van der Waals surface area contributed by atoms with Gasteiger partial charge in [0.2, 0.25) is 5.91 Å². The number of nitrogens with one attached hydrogen (secondary N) is 2. The molecule has 1 atom stereocenters. The van der Waals surface area contributed by atoms with Gasteiger partial charge in [-0.05, 0) is 25.1 Å². The van der Waals surface area contributed by atoms with Crippen molar-refractivity contribution in [1.29, 1.82) is 0 Å². The van der Waals surface area contributed by atoms with Crippen LogP contribution in [0.15, 0.2) is 0 Å². The molecule has 1 unspecified atom stereocenters. The lowest BCUT2D eigenvalue weighted by atomic mass is 10.2. The Morgan fingerprint density at radius 3 is 2.27 bits per heavy atom. The lowest BCUT2D eigenvalue weighted by Gasteiger charge is -2.20. The average Bonchev–Trinajstić information content (AvgIpc) is 2.13. The Balaban J connectivity index is 3.91. The van der Waals surface area contributed by atoms with Crippen LogP contribution in [0.3, 0.4) is 0 Å². The van der Waals surface area contributed by atoms with Gasteiger partial charge >= 0.3 is 0 Å². The maximum absolute atomic E-state index is 11.5. The third kappa shape index (κ3) is 6.28. The highest BCUT2D eigenvalue weighted by atomic mass is 32.1. The summed E-state index contributed by atoms with van der Waals surface area (Å²) >= 11 is 5.06. The molecular weight excluding hydrogens is 210 g/mol. The standard InChI is InChI=1S/C10H21N3OS/c1-7(2)6-11-10(15)12-8(3)9(14)13(4)5/h7-8H,6H2,1-5H3,(H2,11,12,15). The van der Waals surface area contributed by atoms with Crippen molar-refractivity contribution < 1.29 is 4.79 Å². The van der Waals surface area contributed by atoms with Gasteiger partial charge in [-0.2, -0.15) is 0 Å². The van der Waals surface area contributed by atoms with Crippen LogP contribution in [-0.4, -0.2) is 42.6 Å². The molecule has 0 heterocycles. The van der Waals surface area contributed by atoms with Gasteiger partial charge in [0.1, 0.15) is 6.04 Å². The lowest BCUT2D eigenvalue weighted by molar-refractivity contribution is -0.130. The Hall–Kier alpha value is -0.840. The van der Waals surface area contributed by atoms with Gasteiger partial charge in [-0.1, -0.05) is 13.8 Å². The van der Waals surface area contributed by atoms with E-state index in [0.717, 1.165) is 6.54 Å². The van der Waals surface area contributed by atoms with Crippen molar-refractivity contribution in [2.45, 2.75) is 26.8 Å². The Kier molecular flexibility index (Phi) is 6.24. The summed E-state index contributed by atoms with van der Waals surface area (Å²) in [5, 5.41) is 6.54. The molecule has 0 saturated carbocycles. The van der Waals surface area contributed by atoms with Crippen molar-refractivity contribution in [3.8, 4) is 0 Å². The molecule has 0 radical (unpaired) electrons. The van der Waals surface area contributed by atoms with Crippen LogP contribution in [0.4, 0.5) is 0 Å². The highest BCUT2D eigenvalue weighted by molar-refractivity contribution is 7.80. The van der Waals surface area contributed by atoms with Crippen LogP contribution in [0.25, 0.3) is 0 Å². The van der Waals surface area contributed by atoms with E-state index < -0.39 is 0 Å². The maximum Gasteiger partial charge on any atom is 0.244 e. The summed E-state index contributed by atoms with van der Waals surface area (Å²) in [5.74, 6) is 0.549. The average molecular weight is 231 g/mol. The molecule has 5 heteroatoms. The molecular formula is C10H21N3OS. The molecule has 15 heavy (non-hydrogen) atoms. The van der Waals surface area contributed by atoms with Crippen LogP contribution in [0, 0.1) is 5.92 Å². The first-order valence-corrected chi connectivity index (χ1v) is 5.51. The molecule has 0 spiro atoms. The first kappa shape index (κ1) is 14.2. The molecule has 0 rings (SSSR count). The number of nitrogens with zero attached hydrogens (tertiary/aromatic N) is 1. The summed E-state index contributed by atoms with van der Waals surface area (Å²) in [5.41, 5.74) is 0. The van der Waals surface area contributed by atoms with E-state index in [1.165, 1.54) is 0 Å². The number of carbonyl (C=O) groups excluding carboxylic acids is 1. The van der Waals surface area contributed by atoms with Crippen molar-refractivity contribution in [2.75, 3.05) is 20.6 Å². The number of hydrogen-bond donors (Lipinski definition) is 2. The fourth-order valence-corrected chi connectivity index (χ4v) is 1.25. The van der Waals surface area contributed by atoms with Gasteiger partial charge in [0.15, 0.2) is 5.11 Å². The van der Waals surface area contributed by atoms with Gasteiger partial charge < -0.3 is 15.5 Å². The minimum Gasteiger partial charge on any atom is -0.362 e. The summed E-state index contributed by atoms with van der Waals surface area (Å²) in [6.45, 7) is 6.81. The van der Waals surface area contributed by atoms with E-state index in [2.05, 4.69) is 24.5 Å². The Bertz CT molecular complexity index is 229. The van der Waals surface area contributed by atoms with Crippen LogP contribution >= 0.6 is 12.2 Å². The lowest BCUT2D eigenvalue weighted by Crippen LogP contribution is -2.48. The summed E-state index contributed by atoms with van der Waals surface area (Å²) in [6, 6.07) is -0.285. The van der Waals surface area contributed by atoms with Crippen LogP contribution in [-0.2, 0) is 4.79 Å². The number of carbonyl (C=O) groups is 1. The molecule has 0 aromatic carbocycles. The number of likely N-dealkylation sites (N-methyl/N-ethyl adjacent to an activating group) is 1. The summed E-state index contributed by atoms with van der Waals surface area (Å²) in [4.78, 5) is 13.0. The molecule has 0 fully saturated rings. The van der Waals surface area contributed by atoms with E-state index >= 15 is 0 Å². The molecule has 0 bridgehead atoms. The minimum atomic E-state index is -0.285. The second-order valence-electron chi connectivity index (χ2n) is 4.20. The SMILES string of the molecule is CC(C)CNC(=S)NC(C)C(=O)N(C)C. The molecule has 2 N–H and O–H groups in total. The second-order valence-corrected chi connectivity index (χ2v) is 4.61. The van der Waals surface area contributed by atoms with Gasteiger partial charge in [0.05, 0.1) is 0 Å². The zero-order valence-electron chi connectivity index (χ0n) is 10.1. The van der Waals surface area contributed by atoms with Crippen LogP contribution in [0.1, 0.15) is 20.8 Å². The number of amides is 1. The van der Waals surface area contributed by atoms with Crippen LogP contribution in [0.2, 0.25) is 0 Å². The molecule has 0 aliphatic carbocycles. The first-order valence-electron chi connectivity index (χ1n) is 5.10. The quantitative estimate of drug-likeness (QED) is 0.695. The topological polar surface area (TPSA) is 44.4 Å². The summed E-state index contributed by atoms with van der Waals surface area (Å²) in [7, 11) is 3.45. The molecule has 0 aromatic heterocycles. The largest absolute Gasteiger partial charge is 0.362 e. The number of hydrogen-bond acceptors (Lipinski definition) is 2. The highest BCUT2D eigenvalue weighted by Gasteiger charge is 2.15. The van der Waals surface area contributed by atoms with Gasteiger partial charge in [-0.15, -0.1) is 0 Å². The van der Waals surface area contributed by atoms with E-state index in [1.54, 1.807) is 25.9 Å². The Morgan fingerprint density at radius 1 is 1.33 bits per heavy atom. The third-order valence-corrected chi connectivity index (χ3v) is 2.09. The Labute approximate surface area is 97.4 Å². The molecule has 0 saturated heterocycles. The number of thiocarbonyl (C=S) groups is 1. The monoisotopic (exact) mass is 231 g/mol. The zero-order valence-corrected chi connectivity index (χ0v) is 10.9. The van der Waals surface area contributed by atoms with Crippen molar-refractivity contribution in [1.82, 2.24) is 15.5 Å². The maximum atomic E-state index is 11.5. The zero-order chi connectivity index (χ0) is 12.0. The molecule has 1 amide bonds. The van der Waals surface area contributed by atoms with E-state index in [4.69, 9.17) is 12.2 Å². The fraction of sp³-hybridized carbons (Fsp3) is 0.800. The fourth-order valence-electron chi connectivity index (χ4n) is 0.994. The van der Waals surface area contributed by atoms with Gasteiger partial charge in [0, 0.05) is 20.6 Å². The second kappa shape index (κ2) is 6.61. The minimum absolute atomic E-state index is 0.0173. The molecule has 0 aliphatic heterocycles.